The predicted octanol–water partition coefficient (Wildman–Crippen LogP) is 0.686. The third kappa shape index (κ3) is 4.34. The van der Waals surface area contributed by atoms with E-state index in [4.69, 9.17) is 11.5 Å². The van der Waals surface area contributed by atoms with Gasteiger partial charge >= 0.3 is 12.2 Å². The second-order valence-electron chi connectivity index (χ2n) is 3.85. The Balaban J connectivity index is 2.74. The highest BCUT2D eigenvalue weighted by Gasteiger charge is 2.31. The van der Waals surface area contributed by atoms with E-state index >= 15 is 0 Å². The van der Waals surface area contributed by atoms with Crippen molar-refractivity contribution in [2.75, 3.05) is 18.8 Å². The molecule has 3 amide bonds. The zero-order valence-electron chi connectivity index (χ0n) is 10.3. The quantitative estimate of drug-likeness (QED) is 0.483. The van der Waals surface area contributed by atoms with E-state index in [2.05, 4.69) is 10.6 Å². The Morgan fingerprint density at radius 2 is 1.75 bits per heavy atom. The van der Waals surface area contributed by atoms with Gasteiger partial charge in [-0.05, 0) is 18.2 Å². The molecular weight excluding hydrogens is 277 g/mol. The number of alkyl halides is 3. The SMILES string of the molecule is NC(=O)NCCNC(=O)c1cc(C(F)(F)F)ccc1N. The van der Waals surface area contributed by atoms with Gasteiger partial charge in [-0.3, -0.25) is 4.79 Å². The fourth-order valence-corrected chi connectivity index (χ4v) is 1.39. The van der Waals surface area contributed by atoms with Gasteiger partial charge in [-0.1, -0.05) is 0 Å². The summed E-state index contributed by atoms with van der Waals surface area (Å²) in [7, 11) is 0. The molecule has 0 heterocycles. The lowest BCUT2D eigenvalue weighted by Gasteiger charge is -2.11. The summed E-state index contributed by atoms with van der Waals surface area (Å²) in [5.41, 5.74) is 8.96. The molecule has 6 N–H and O–H groups in total. The van der Waals surface area contributed by atoms with E-state index in [0.717, 1.165) is 12.1 Å². The second-order valence-corrected chi connectivity index (χ2v) is 3.85. The minimum Gasteiger partial charge on any atom is -0.398 e. The van der Waals surface area contributed by atoms with Gasteiger partial charge in [-0.25, -0.2) is 4.79 Å². The van der Waals surface area contributed by atoms with Crippen LogP contribution in [-0.4, -0.2) is 25.0 Å². The molecule has 110 valence electrons. The van der Waals surface area contributed by atoms with Crippen molar-refractivity contribution < 1.29 is 22.8 Å². The molecule has 20 heavy (non-hydrogen) atoms. The Hall–Kier alpha value is -2.45. The van der Waals surface area contributed by atoms with E-state index in [1.165, 1.54) is 0 Å². The molecule has 6 nitrogen and oxygen atoms in total. The number of anilines is 1. The van der Waals surface area contributed by atoms with Crippen LogP contribution in [0.1, 0.15) is 15.9 Å². The Morgan fingerprint density at radius 1 is 1.15 bits per heavy atom. The fourth-order valence-electron chi connectivity index (χ4n) is 1.39. The van der Waals surface area contributed by atoms with Crippen molar-refractivity contribution in [1.29, 1.82) is 0 Å². The maximum atomic E-state index is 12.5. The molecule has 1 aromatic rings. The van der Waals surface area contributed by atoms with Crippen LogP contribution in [0.5, 0.6) is 0 Å². The standard InChI is InChI=1S/C11H13F3N4O2/c12-11(13,14)6-1-2-8(15)7(5-6)9(19)17-3-4-18-10(16)20/h1-2,5H,3-4,15H2,(H,17,19)(H3,16,18,20). The van der Waals surface area contributed by atoms with Crippen molar-refractivity contribution in [1.82, 2.24) is 10.6 Å². The van der Waals surface area contributed by atoms with Gasteiger partial charge in [0, 0.05) is 18.8 Å². The minimum absolute atomic E-state index is 0.0114. The van der Waals surface area contributed by atoms with Crippen molar-refractivity contribution in [2.24, 2.45) is 5.73 Å². The number of amides is 3. The van der Waals surface area contributed by atoms with Crippen molar-refractivity contribution in [3.8, 4) is 0 Å². The van der Waals surface area contributed by atoms with Crippen LogP contribution in [0.2, 0.25) is 0 Å². The first-order chi connectivity index (χ1) is 9.21. The summed E-state index contributed by atoms with van der Waals surface area (Å²) in [6.45, 7) is 0.0669. The summed E-state index contributed by atoms with van der Waals surface area (Å²) in [4.78, 5) is 22.1. The van der Waals surface area contributed by atoms with Crippen LogP contribution < -0.4 is 22.1 Å². The molecule has 0 unspecified atom stereocenters. The highest BCUT2D eigenvalue weighted by molar-refractivity contribution is 5.99. The summed E-state index contributed by atoms with van der Waals surface area (Å²) in [5, 5.41) is 4.53. The average Bonchev–Trinajstić information content (AvgIpc) is 2.33. The molecule has 0 fully saturated rings. The topological polar surface area (TPSA) is 110 Å². The van der Waals surface area contributed by atoms with Crippen molar-refractivity contribution >= 4 is 17.6 Å². The molecule has 0 radical (unpaired) electrons. The summed E-state index contributed by atoms with van der Waals surface area (Å²) < 4.78 is 37.6. The number of nitrogen functional groups attached to an aromatic ring is 1. The zero-order valence-corrected chi connectivity index (χ0v) is 10.3. The van der Waals surface area contributed by atoms with Gasteiger partial charge in [0.05, 0.1) is 11.1 Å². The molecule has 1 aromatic carbocycles. The normalized spacial score (nSPS) is 10.9. The summed E-state index contributed by atoms with van der Waals surface area (Å²) in [6, 6.07) is 1.71. The van der Waals surface area contributed by atoms with Crippen molar-refractivity contribution in [3.05, 3.63) is 29.3 Å². The molecule has 9 heteroatoms. The molecule has 0 atom stereocenters. The summed E-state index contributed by atoms with van der Waals surface area (Å²) in [5.74, 6) is -0.764. The van der Waals surface area contributed by atoms with Crippen LogP contribution in [0, 0.1) is 0 Å². The highest BCUT2D eigenvalue weighted by Crippen LogP contribution is 2.31. The molecule has 0 aliphatic heterocycles. The summed E-state index contributed by atoms with van der Waals surface area (Å²) in [6.07, 6.45) is -4.56. The van der Waals surface area contributed by atoms with Crippen LogP contribution in [0.3, 0.4) is 0 Å². The molecule has 0 saturated carbocycles. The van der Waals surface area contributed by atoms with Crippen LogP contribution >= 0.6 is 0 Å². The second kappa shape index (κ2) is 6.13. The Bertz CT molecular complexity index is 517. The number of nitrogens with one attached hydrogen (secondary N) is 2. The Kier molecular flexibility index (Phi) is 4.78. The van der Waals surface area contributed by atoms with Gasteiger partial charge in [0.25, 0.3) is 5.91 Å². The number of urea groups is 1. The first kappa shape index (κ1) is 15.6. The van der Waals surface area contributed by atoms with E-state index in [0.29, 0.717) is 6.07 Å². The van der Waals surface area contributed by atoms with Gasteiger partial charge in [0.15, 0.2) is 0 Å². The molecule has 1 rings (SSSR count). The number of hydrogen-bond acceptors (Lipinski definition) is 3. The van der Waals surface area contributed by atoms with Gasteiger partial charge in [0.1, 0.15) is 0 Å². The smallest absolute Gasteiger partial charge is 0.398 e. The maximum Gasteiger partial charge on any atom is 0.416 e. The first-order valence-electron chi connectivity index (χ1n) is 5.50. The zero-order chi connectivity index (χ0) is 15.3. The lowest BCUT2D eigenvalue weighted by atomic mass is 10.1. The number of primary amides is 1. The molecule has 0 saturated heterocycles. The Labute approximate surface area is 112 Å². The third-order valence-electron chi connectivity index (χ3n) is 2.34. The monoisotopic (exact) mass is 290 g/mol. The highest BCUT2D eigenvalue weighted by atomic mass is 19.4. The number of nitrogens with two attached hydrogens (primary N) is 2. The van der Waals surface area contributed by atoms with Crippen LogP contribution in [-0.2, 0) is 6.18 Å². The van der Waals surface area contributed by atoms with E-state index < -0.39 is 23.7 Å². The first-order valence-corrected chi connectivity index (χ1v) is 5.50. The van der Waals surface area contributed by atoms with E-state index in [1.807, 2.05) is 0 Å². The number of benzene rings is 1. The van der Waals surface area contributed by atoms with E-state index in [9.17, 15) is 22.8 Å². The number of rotatable bonds is 4. The van der Waals surface area contributed by atoms with Gasteiger partial charge in [-0.15, -0.1) is 0 Å². The van der Waals surface area contributed by atoms with E-state index in [-0.39, 0.29) is 24.3 Å². The Morgan fingerprint density at radius 3 is 2.30 bits per heavy atom. The van der Waals surface area contributed by atoms with Crippen molar-refractivity contribution in [2.45, 2.75) is 6.18 Å². The molecule has 0 bridgehead atoms. The lowest BCUT2D eigenvalue weighted by molar-refractivity contribution is -0.137. The lowest BCUT2D eigenvalue weighted by Crippen LogP contribution is -2.37. The third-order valence-corrected chi connectivity index (χ3v) is 2.34. The fraction of sp³-hybridized carbons (Fsp3) is 0.273. The maximum absolute atomic E-state index is 12.5. The number of carbonyl (C=O) groups is 2. The number of carbonyl (C=O) groups excluding carboxylic acids is 2. The largest absolute Gasteiger partial charge is 0.416 e. The van der Waals surface area contributed by atoms with Crippen LogP contribution in [0.4, 0.5) is 23.7 Å². The number of halogens is 3. The van der Waals surface area contributed by atoms with Gasteiger partial charge in [0.2, 0.25) is 0 Å². The molecule has 0 aliphatic rings. The van der Waals surface area contributed by atoms with Crippen LogP contribution in [0.15, 0.2) is 18.2 Å². The van der Waals surface area contributed by atoms with E-state index in [1.54, 1.807) is 0 Å². The number of hydrogen-bond donors (Lipinski definition) is 4. The summed E-state index contributed by atoms with van der Waals surface area (Å²) >= 11 is 0. The van der Waals surface area contributed by atoms with Gasteiger partial charge < -0.3 is 22.1 Å². The average molecular weight is 290 g/mol. The molecular formula is C11H13F3N4O2. The van der Waals surface area contributed by atoms with Gasteiger partial charge in [-0.2, -0.15) is 13.2 Å². The molecule has 0 aromatic heterocycles. The molecule has 0 aliphatic carbocycles. The van der Waals surface area contributed by atoms with Crippen LogP contribution in [0.25, 0.3) is 0 Å². The molecule has 0 spiro atoms. The minimum atomic E-state index is -4.56. The predicted molar refractivity (Wildman–Crippen MR) is 65.8 cm³/mol. The van der Waals surface area contributed by atoms with Crippen molar-refractivity contribution in [3.63, 3.8) is 0 Å².